The molecule has 0 spiro atoms. The number of fused-ring (bicyclic) bond motifs is 1. The van der Waals surface area contributed by atoms with Crippen molar-refractivity contribution in [1.82, 2.24) is 19.5 Å². The molecule has 2 aromatic heterocycles. The second kappa shape index (κ2) is 9.79. The summed E-state index contributed by atoms with van der Waals surface area (Å²) in [6, 6.07) is 3.99. The van der Waals surface area contributed by atoms with Crippen LogP contribution in [0.1, 0.15) is 44.2 Å². The number of rotatable bonds is 7. The quantitative estimate of drug-likeness (QED) is 0.396. The third-order valence-corrected chi connectivity index (χ3v) is 6.25. The van der Waals surface area contributed by atoms with Gasteiger partial charge < -0.3 is 21.5 Å². The number of aliphatic hydroxyl groups is 1. The number of nitrogens with one attached hydrogen (secondary N) is 2. The normalized spacial score (nSPS) is 18.9. The predicted molar refractivity (Wildman–Crippen MR) is 125 cm³/mol. The first kappa shape index (κ1) is 23.7. The summed E-state index contributed by atoms with van der Waals surface area (Å²) in [5.41, 5.74) is 6.57. The smallest absolute Gasteiger partial charge is 0.225 e. The van der Waals surface area contributed by atoms with Crippen LogP contribution in [-0.2, 0) is 4.79 Å². The molecule has 1 aliphatic carbocycles. The van der Waals surface area contributed by atoms with E-state index in [2.05, 4.69) is 25.6 Å². The molecule has 0 radical (unpaired) electrons. The van der Waals surface area contributed by atoms with Gasteiger partial charge in [0.2, 0.25) is 17.8 Å². The van der Waals surface area contributed by atoms with E-state index < -0.39 is 5.82 Å². The van der Waals surface area contributed by atoms with Crippen molar-refractivity contribution in [3.05, 3.63) is 34.7 Å². The number of carbonyl (C=O) groups is 1. The van der Waals surface area contributed by atoms with Gasteiger partial charge in [0.25, 0.3) is 0 Å². The van der Waals surface area contributed by atoms with Gasteiger partial charge in [0.05, 0.1) is 35.1 Å². The summed E-state index contributed by atoms with van der Waals surface area (Å²) in [6.07, 6.45) is 4.07. The van der Waals surface area contributed by atoms with E-state index in [1.54, 1.807) is 13.1 Å². The second-order valence-corrected chi connectivity index (χ2v) is 8.80. The van der Waals surface area contributed by atoms with E-state index >= 15 is 0 Å². The lowest BCUT2D eigenvalue weighted by Crippen LogP contribution is -2.29. The van der Waals surface area contributed by atoms with Crippen molar-refractivity contribution < 1.29 is 14.3 Å². The highest BCUT2D eigenvalue weighted by Crippen LogP contribution is 2.38. The zero-order valence-electron chi connectivity index (χ0n) is 18.4. The number of nitriles is 1. The van der Waals surface area contributed by atoms with E-state index in [9.17, 15) is 14.3 Å². The van der Waals surface area contributed by atoms with Crippen molar-refractivity contribution in [2.45, 2.75) is 44.7 Å². The Hall–Kier alpha value is -3.49. The van der Waals surface area contributed by atoms with Crippen LogP contribution in [0.2, 0.25) is 5.02 Å². The molecule has 2 heterocycles. The molecule has 5 N–H and O–H groups in total. The molecule has 1 aliphatic rings. The molecule has 1 atom stereocenters. The van der Waals surface area contributed by atoms with E-state index in [0.29, 0.717) is 48.7 Å². The van der Waals surface area contributed by atoms with E-state index in [0.717, 1.165) is 6.07 Å². The average molecular weight is 487 g/mol. The van der Waals surface area contributed by atoms with Crippen molar-refractivity contribution in [3.63, 3.8) is 0 Å². The molecule has 10 nitrogen and oxygen atoms in total. The minimum absolute atomic E-state index is 0.0109. The molecule has 1 fully saturated rings. The van der Waals surface area contributed by atoms with Crippen LogP contribution in [0, 0.1) is 23.1 Å². The molecule has 3 aromatic rings. The molecule has 12 heteroatoms. The van der Waals surface area contributed by atoms with Crippen LogP contribution in [0.15, 0.2) is 18.3 Å². The summed E-state index contributed by atoms with van der Waals surface area (Å²) in [7, 11) is 0. The largest absolute Gasteiger partial charge is 0.394 e. The Labute approximate surface area is 200 Å². The first-order valence-electron chi connectivity index (χ1n) is 10.9. The number of benzene rings is 1. The number of aromatic nitrogens is 4. The van der Waals surface area contributed by atoms with Crippen molar-refractivity contribution >= 4 is 46.3 Å². The van der Waals surface area contributed by atoms with E-state index in [1.165, 1.54) is 6.07 Å². The van der Waals surface area contributed by atoms with Gasteiger partial charge in [-0.2, -0.15) is 10.2 Å². The highest BCUT2D eigenvalue weighted by atomic mass is 35.5. The Morgan fingerprint density at radius 3 is 2.74 bits per heavy atom. The lowest BCUT2D eigenvalue weighted by Gasteiger charge is -2.29. The summed E-state index contributed by atoms with van der Waals surface area (Å²) in [5.74, 6) is -0.569. The van der Waals surface area contributed by atoms with Gasteiger partial charge in [0.1, 0.15) is 11.3 Å². The number of anilines is 3. The minimum Gasteiger partial charge on any atom is -0.394 e. The third-order valence-electron chi connectivity index (χ3n) is 5.95. The Bertz CT molecular complexity index is 1240. The molecular weight excluding hydrogens is 463 g/mol. The average Bonchev–Trinajstić information content (AvgIpc) is 3.18. The topological polar surface area (TPSA) is 155 Å². The maximum atomic E-state index is 14.8. The zero-order valence-corrected chi connectivity index (χ0v) is 19.2. The Kier molecular flexibility index (Phi) is 6.81. The van der Waals surface area contributed by atoms with Crippen molar-refractivity contribution in [1.29, 1.82) is 5.26 Å². The van der Waals surface area contributed by atoms with Crippen molar-refractivity contribution in [3.8, 4) is 6.07 Å². The van der Waals surface area contributed by atoms with Crippen molar-refractivity contribution in [2.75, 3.05) is 17.2 Å². The first-order valence-corrected chi connectivity index (χ1v) is 11.3. The van der Waals surface area contributed by atoms with Crippen molar-refractivity contribution in [2.24, 2.45) is 11.7 Å². The minimum atomic E-state index is -0.690. The summed E-state index contributed by atoms with van der Waals surface area (Å²) >= 11 is 6.25. The van der Waals surface area contributed by atoms with Gasteiger partial charge in [-0.15, -0.1) is 0 Å². The van der Waals surface area contributed by atoms with Gasteiger partial charge in [0, 0.05) is 18.0 Å². The fourth-order valence-electron chi connectivity index (χ4n) is 4.15. The van der Waals surface area contributed by atoms with E-state index in [1.807, 2.05) is 10.6 Å². The van der Waals surface area contributed by atoms with Crippen LogP contribution >= 0.6 is 11.6 Å². The number of nitrogens with two attached hydrogens (primary N) is 1. The van der Waals surface area contributed by atoms with E-state index in [4.69, 9.17) is 22.6 Å². The lowest BCUT2D eigenvalue weighted by atomic mass is 9.85. The molecule has 4 rings (SSSR count). The van der Waals surface area contributed by atoms with Crippen LogP contribution in [0.5, 0.6) is 0 Å². The van der Waals surface area contributed by atoms with Gasteiger partial charge >= 0.3 is 0 Å². The molecule has 0 saturated heterocycles. The number of carbonyl (C=O) groups excluding carboxylic acids is 1. The van der Waals surface area contributed by atoms with Crippen LogP contribution < -0.4 is 16.4 Å². The SMILES string of the molecule is CC(CO)Nc1ncc2nc(Nc3c(F)cc(C#N)cc3Cl)n(C3CCC(C(N)=O)CC3)c2n1. The van der Waals surface area contributed by atoms with Crippen LogP contribution in [0.4, 0.5) is 22.0 Å². The Morgan fingerprint density at radius 2 is 2.12 bits per heavy atom. The zero-order chi connectivity index (χ0) is 24.4. The number of nitrogens with zero attached hydrogens (tertiary/aromatic N) is 5. The highest BCUT2D eigenvalue weighted by Gasteiger charge is 2.29. The molecule has 178 valence electrons. The number of aliphatic hydroxyl groups excluding tert-OH is 1. The maximum absolute atomic E-state index is 14.8. The van der Waals surface area contributed by atoms with Crippen LogP contribution in [0.3, 0.4) is 0 Å². The summed E-state index contributed by atoms with van der Waals surface area (Å²) < 4.78 is 16.6. The summed E-state index contributed by atoms with van der Waals surface area (Å²) in [6.45, 7) is 1.69. The monoisotopic (exact) mass is 486 g/mol. The first-order chi connectivity index (χ1) is 16.3. The number of hydrogen-bond acceptors (Lipinski definition) is 8. The van der Waals surface area contributed by atoms with Gasteiger partial charge in [-0.05, 0) is 44.7 Å². The molecular formula is C22H24ClFN8O2. The number of imidazole rings is 1. The molecule has 1 saturated carbocycles. The molecule has 0 aliphatic heterocycles. The molecule has 1 amide bonds. The Morgan fingerprint density at radius 1 is 1.38 bits per heavy atom. The van der Waals surface area contributed by atoms with Gasteiger partial charge in [-0.3, -0.25) is 9.36 Å². The number of amides is 1. The summed E-state index contributed by atoms with van der Waals surface area (Å²) in [4.78, 5) is 25.1. The fraction of sp³-hybridized carbons (Fsp3) is 0.409. The standard InChI is InChI=1S/C22H24ClFN8O2/c1-11(10-33)28-21-27-9-17-20(31-21)32(14-4-2-13(3-5-14)19(26)34)22(29-17)30-18-15(23)6-12(8-25)7-16(18)24/h6-7,9,11,13-14,33H,2-5,10H2,1H3,(H2,26,34)(H,29,30)(H,27,28,31). The molecule has 1 aromatic carbocycles. The molecule has 34 heavy (non-hydrogen) atoms. The van der Waals surface area contributed by atoms with Gasteiger partial charge in [-0.1, -0.05) is 11.6 Å². The fourth-order valence-corrected chi connectivity index (χ4v) is 4.40. The molecule has 1 unspecified atom stereocenters. The number of halogens is 2. The predicted octanol–water partition coefficient (Wildman–Crippen LogP) is 3.24. The maximum Gasteiger partial charge on any atom is 0.225 e. The Balaban J connectivity index is 1.77. The lowest BCUT2D eigenvalue weighted by molar-refractivity contribution is -0.122. The van der Waals surface area contributed by atoms with Crippen LogP contribution in [-0.4, -0.2) is 43.2 Å². The van der Waals surface area contributed by atoms with Gasteiger partial charge in [-0.25, -0.2) is 14.4 Å². The van der Waals surface area contributed by atoms with Gasteiger partial charge in [0.15, 0.2) is 5.65 Å². The third kappa shape index (κ3) is 4.73. The second-order valence-electron chi connectivity index (χ2n) is 8.40. The molecule has 0 bridgehead atoms. The number of hydrogen-bond donors (Lipinski definition) is 4. The van der Waals surface area contributed by atoms with E-state index in [-0.39, 0.29) is 46.8 Å². The summed E-state index contributed by atoms with van der Waals surface area (Å²) in [5, 5.41) is 24.4. The van der Waals surface area contributed by atoms with Crippen LogP contribution in [0.25, 0.3) is 11.2 Å². The number of primary amides is 1. The highest BCUT2D eigenvalue weighted by molar-refractivity contribution is 6.33.